The van der Waals surface area contributed by atoms with Crippen molar-refractivity contribution >= 4 is 5.78 Å². The zero-order chi connectivity index (χ0) is 10.6. The van der Waals surface area contributed by atoms with Gasteiger partial charge in [-0.3, -0.25) is 4.79 Å². The Morgan fingerprint density at radius 3 is 2.79 bits per heavy atom. The van der Waals surface area contributed by atoms with Crippen LogP contribution in [0.15, 0.2) is 0 Å². The predicted molar refractivity (Wildman–Crippen MR) is 55.6 cm³/mol. The number of Topliss-reactive ketones (excluding diaryl/α,β-unsaturated/α-hetero) is 1. The molecule has 14 heavy (non-hydrogen) atoms. The minimum Gasteiger partial charge on any atom is -0.298 e. The van der Waals surface area contributed by atoms with Crippen LogP contribution < -0.4 is 0 Å². The summed E-state index contributed by atoms with van der Waals surface area (Å²) in [7, 11) is 0. The molecule has 1 aliphatic rings. The van der Waals surface area contributed by atoms with Crippen LogP contribution in [-0.2, 0) is 4.79 Å². The van der Waals surface area contributed by atoms with Crippen LogP contribution in [0.2, 0.25) is 0 Å². The first kappa shape index (κ1) is 11.2. The molecule has 2 heteroatoms. The van der Waals surface area contributed by atoms with E-state index in [4.69, 9.17) is 0 Å². The van der Waals surface area contributed by atoms with E-state index in [0.717, 1.165) is 32.1 Å². The Bertz CT molecular complexity index is 254. The van der Waals surface area contributed by atoms with Crippen molar-refractivity contribution < 1.29 is 4.79 Å². The summed E-state index contributed by atoms with van der Waals surface area (Å²) < 4.78 is 0. The third kappa shape index (κ3) is 2.15. The summed E-state index contributed by atoms with van der Waals surface area (Å²) in [6.45, 7) is 4.24. The zero-order valence-corrected chi connectivity index (χ0v) is 9.18. The molecule has 0 amide bonds. The van der Waals surface area contributed by atoms with E-state index in [0.29, 0.717) is 12.3 Å². The van der Waals surface area contributed by atoms with Crippen molar-refractivity contribution in [2.24, 2.45) is 11.3 Å². The van der Waals surface area contributed by atoms with Gasteiger partial charge in [0.1, 0.15) is 5.41 Å². The Balaban J connectivity index is 2.74. The highest BCUT2D eigenvalue weighted by molar-refractivity contribution is 5.88. The lowest BCUT2D eigenvalue weighted by Gasteiger charge is -2.31. The fourth-order valence-electron chi connectivity index (χ4n) is 2.21. The highest BCUT2D eigenvalue weighted by Crippen LogP contribution is 2.38. The number of nitriles is 1. The number of nitrogens with zero attached hydrogens (tertiary/aromatic N) is 1. The van der Waals surface area contributed by atoms with E-state index >= 15 is 0 Å². The van der Waals surface area contributed by atoms with Gasteiger partial charge in [-0.2, -0.15) is 5.26 Å². The third-order valence-electron chi connectivity index (χ3n) is 3.40. The Hall–Kier alpha value is -0.840. The molecular weight excluding hydrogens is 174 g/mol. The van der Waals surface area contributed by atoms with Gasteiger partial charge in [-0.25, -0.2) is 0 Å². The van der Waals surface area contributed by atoms with Crippen LogP contribution in [-0.4, -0.2) is 5.78 Å². The van der Waals surface area contributed by atoms with Crippen LogP contribution in [0.25, 0.3) is 0 Å². The molecule has 0 heterocycles. The van der Waals surface area contributed by atoms with E-state index in [-0.39, 0.29) is 5.78 Å². The second-order valence-electron chi connectivity index (χ2n) is 4.54. The fourth-order valence-corrected chi connectivity index (χ4v) is 2.21. The van der Waals surface area contributed by atoms with Gasteiger partial charge in [-0.1, -0.05) is 26.7 Å². The van der Waals surface area contributed by atoms with Crippen molar-refractivity contribution in [3.63, 3.8) is 0 Å². The molecule has 0 N–H and O–H groups in total. The molecule has 2 unspecified atom stereocenters. The average Bonchev–Trinajstić information content (AvgIpc) is 2.21. The number of hydrogen-bond donors (Lipinski definition) is 0. The number of rotatable bonds is 3. The van der Waals surface area contributed by atoms with Crippen molar-refractivity contribution in [1.29, 1.82) is 5.26 Å². The molecule has 1 rings (SSSR count). The van der Waals surface area contributed by atoms with Gasteiger partial charge in [0.05, 0.1) is 6.07 Å². The minimum atomic E-state index is -0.631. The van der Waals surface area contributed by atoms with Gasteiger partial charge in [0.15, 0.2) is 5.78 Å². The molecule has 0 spiro atoms. The molecule has 78 valence electrons. The van der Waals surface area contributed by atoms with E-state index in [2.05, 4.69) is 19.9 Å². The molecule has 0 aromatic rings. The molecule has 1 aliphatic carbocycles. The minimum absolute atomic E-state index is 0.187. The van der Waals surface area contributed by atoms with Crippen LogP contribution in [0.3, 0.4) is 0 Å². The lowest BCUT2D eigenvalue weighted by molar-refractivity contribution is -0.128. The molecular formula is C12H19NO. The van der Waals surface area contributed by atoms with Crippen molar-refractivity contribution in [3.8, 4) is 6.07 Å². The lowest BCUT2D eigenvalue weighted by Crippen LogP contribution is -2.34. The van der Waals surface area contributed by atoms with E-state index in [9.17, 15) is 10.1 Å². The summed E-state index contributed by atoms with van der Waals surface area (Å²) in [5, 5.41) is 9.19. The topological polar surface area (TPSA) is 40.9 Å². The van der Waals surface area contributed by atoms with Gasteiger partial charge in [0.25, 0.3) is 0 Å². The lowest BCUT2D eigenvalue weighted by atomic mass is 9.69. The van der Waals surface area contributed by atoms with Gasteiger partial charge < -0.3 is 0 Å². The predicted octanol–water partition coefficient (Wildman–Crippen LogP) is 3.08. The molecule has 1 saturated carbocycles. The SMILES string of the molecule is CCC(C)CC1(C#N)CCCCC1=O. The normalized spacial score (nSPS) is 29.6. The Morgan fingerprint density at radius 2 is 2.29 bits per heavy atom. The second-order valence-corrected chi connectivity index (χ2v) is 4.54. The molecule has 0 aliphatic heterocycles. The summed E-state index contributed by atoms with van der Waals surface area (Å²) in [5.74, 6) is 0.670. The maximum absolute atomic E-state index is 11.8. The molecule has 0 aromatic carbocycles. The third-order valence-corrected chi connectivity index (χ3v) is 3.40. The zero-order valence-electron chi connectivity index (χ0n) is 9.18. The van der Waals surface area contributed by atoms with Crippen LogP contribution in [0.5, 0.6) is 0 Å². The van der Waals surface area contributed by atoms with Crippen LogP contribution in [0.4, 0.5) is 0 Å². The van der Waals surface area contributed by atoms with Gasteiger partial charge in [0, 0.05) is 6.42 Å². The summed E-state index contributed by atoms with van der Waals surface area (Å²) in [4.78, 5) is 11.8. The van der Waals surface area contributed by atoms with Crippen LogP contribution >= 0.6 is 0 Å². The number of hydrogen-bond acceptors (Lipinski definition) is 2. The maximum Gasteiger partial charge on any atom is 0.153 e. The average molecular weight is 193 g/mol. The number of carbonyl (C=O) groups excluding carboxylic acids is 1. The van der Waals surface area contributed by atoms with E-state index in [1.54, 1.807) is 0 Å². The van der Waals surface area contributed by atoms with Crippen molar-refractivity contribution in [2.75, 3.05) is 0 Å². The highest BCUT2D eigenvalue weighted by Gasteiger charge is 2.40. The standard InChI is InChI=1S/C12H19NO/c1-3-10(2)8-12(9-13)7-5-4-6-11(12)14/h10H,3-8H2,1-2H3. The smallest absolute Gasteiger partial charge is 0.153 e. The van der Waals surface area contributed by atoms with Crippen molar-refractivity contribution in [1.82, 2.24) is 0 Å². The summed E-state index contributed by atoms with van der Waals surface area (Å²) in [6.07, 6.45) is 5.23. The number of ketones is 1. The Kier molecular flexibility index (Phi) is 3.69. The molecule has 1 fully saturated rings. The summed E-state index contributed by atoms with van der Waals surface area (Å²) >= 11 is 0. The monoisotopic (exact) mass is 193 g/mol. The van der Waals surface area contributed by atoms with E-state index in [1.165, 1.54) is 0 Å². The second kappa shape index (κ2) is 4.59. The molecule has 2 atom stereocenters. The highest BCUT2D eigenvalue weighted by atomic mass is 16.1. The summed E-state index contributed by atoms with van der Waals surface area (Å²) in [5.41, 5.74) is -0.631. The molecule has 0 saturated heterocycles. The van der Waals surface area contributed by atoms with Gasteiger partial charge in [-0.05, 0) is 25.2 Å². The van der Waals surface area contributed by atoms with Crippen molar-refractivity contribution in [2.45, 2.75) is 52.4 Å². The largest absolute Gasteiger partial charge is 0.298 e. The quantitative estimate of drug-likeness (QED) is 0.691. The molecule has 0 radical (unpaired) electrons. The maximum atomic E-state index is 11.8. The Morgan fingerprint density at radius 1 is 1.57 bits per heavy atom. The van der Waals surface area contributed by atoms with Gasteiger partial charge in [-0.15, -0.1) is 0 Å². The van der Waals surface area contributed by atoms with Gasteiger partial charge in [0.2, 0.25) is 0 Å². The molecule has 0 bridgehead atoms. The molecule has 0 aromatic heterocycles. The fraction of sp³-hybridized carbons (Fsp3) is 0.833. The van der Waals surface area contributed by atoms with Crippen molar-refractivity contribution in [3.05, 3.63) is 0 Å². The Labute approximate surface area is 86.3 Å². The van der Waals surface area contributed by atoms with Crippen LogP contribution in [0.1, 0.15) is 52.4 Å². The van der Waals surface area contributed by atoms with E-state index < -0.39 is 5.41 Å². The summed E-state index contributed by atoms with van der Waals surface area (Å²) in [6, 6.07) is 2.28. The van der Waals surface area contributed by atoms with E-state index in [1.807, 2.05) is 0 Å². The van der Waals surface area contributed by atoms with Crippen LogP contribution in [0, 0.1) is 22.7 Å². The van der Waals surface area contributed by atoms with Gasteiger partial charge >= 0.3 is 0 Å². The first-order valence-electron chi connectivity index (χ1n) is 5.59. The first-order chi connectivity index (χ1) is 6.64. The first-order valence-corrected chi connectivity index (χ1v) is 5.59. The number of carbonyl (C=O) groups is 1. The molecule has 2 nitrogen and oxygen atoms in total.